The molecule has 4 N–H and O–H groups in total. The largest absolute Gasteiger partial charge is 0.492 e. The molecule has 1 amide bonds. The van der Waals surface area contributed by atoms with Gasteiger partial charge in [-0.15, -0.1) is 0 Å². The number of sulfonamides is 1. The molecule has 0 spiro atoms. The summed E-state index contributed by atoms with van der Waals surface area (Å²) in [5.74, 6) is -0.0754. The quantitative estimate of drug-likeness (QED) is 0.148. The topological polar surface area (TPSA) is 121 Å². The molecule has 1 heterocycles. The zero-order valence-electron chi connectivity index (χ0n) is 19.6. The smallest absolute Gasteiger partial charge is 0.267 e. The molecule has 36 heavy (non-hydrogen) atoms. The number of aromatic nitrogens is 1. The van der Waals surface area contributed by atoms with Crippen LogP contribution in [0.15, 0.2) is 90.0 Å². The highest BCUT2D eigenvalue weighted by Gasteiger charge is 2.22. The molecular formula is C27H27N3O5S. The Labute approximate surface area is 209 Å². The van der Waals surface area contributed by atoms with E-state index in [0.717, 1.165) is 27.6 Å². The minimum absolute atomic E-state index is 0.104. The van der Waals surface area contributed by atoms with Crippen LogP contribution in [0, 0.1) is 6.92 Å². The number of benzene rings is 3. The predicted octanol–water partition coefficient (Wildman–Crippen LogP) is 3.96. The fourth-order valence-corrected chi connectivity index (χ4v) is 5.01. The van der Waals surface area contributed by atoms with Crippen LogP contribution < -0.4 is 14.9 Å². The number of hydroxylamine groups is 1. The van der Waals surface area contributed by atoms with E-state index in [1.165, 1.54) is 11.6 Å². The lowest BCUT2D eigenvalue weighted by Gasteiger charge is -2.20. The van der Waals surface area contributed by atoms with Crippen molar-refractivity contribution in [3.63, 3.8) is 0 Å². The standard InChI is InChI=1S/C27H27N3O5S/c1-19-6-13-24(14-7-19)36(33,34)30-22(16-21-17-28-26-5-3-2-4-25(21)26)18-35-23-11-8-20(9-12-23)10-15-27(31)29-32/h2-15,17,22,28,30,32H,16,18H2,1H3,(H,29,31)/b15-10+/t22-/m0/s1. The van der Waals surface area contributed by atoms with Crippen molar-refractivity contribution in [2.45, 2.75) is 24.3 Å². The number of hydrogen-bond donors (Lipinski definition) is 4. The summed E-state index contributed by atoms with van der Waals surface area (Å²) in [5, 5.41) is 9.60. The molecule has 9 heteroatoms. The lowest BCUT2D eigenvalue weighted by Crippen LogP contribution is -2.40. The van der Waals surface area contributed by atoms with Gasteiger partial charge in [-0.2, -0.15) is 0 Å². The van der Waals surface area contributed by atoms with E-state index in [2.05, 4.69) is 9.71 Å². The van der Waals surface area contributed by atoms with Crippen molar-refractivity contribution < 1.29 is 23.2 Å². The van der Waals surface area contributed by atoms with Crippen LogP contribution in [0.2, 0.25) is 0 Å². The van der Waals surface area contributed by atoms with Gasteiger partial charge in [0.15, 0.2) is 0 Å². The number of nitrogens with one attached hydrogen (secondary N) is 3. The summed E-state index contributed by atoms with van der Waals surface area (Å²) in [6, 6.07) is 21.0. The molecule has 0 aliphatic rings. The number of carbonyl (C=O) groups is 1. The Balaban J connectivity index is 1.52. The number of amides is 1. The van der Waals surface area contributed by atoms with Crippen LogP contribution in [0.4, 0.5) is 0 Å². The number of fused-ring (bicyclic) bond motifs is 1. The molecule has 8 nitrogen and oxygen atoms in total. The minimum atomic E-state index is -3.77. The summed E-state index contributed by atoms with van der Waals surface area (Å²) in [4.78, 5) is 14.6. The molecule has 1 atom stereocenters. The molecule has 4 rings (SSSR count). The number of ether oxygens (including phenoxy) is 1. The summed E-state index contributed by atoms with van der Waals surface area (Å²) in [7, 11) is -3.77. The molecule has 3 aromatic carbocycles. The average Bonchev–Trinajstić information content (AvgIpc) is 3.29. The van der Waals surface area contributed by atoms with Crippen LogP contribution in [0.1, 0.15) is 16.7 Å². The van der Waals surface area contributed by atoms with E-state index in [4.69, 9.17) is 9.94 Å². The number of rotatable bonds is 10. The first-order valence-electron chi connectivity index (χ1n) is 11.3. The Morgan fingerprint density at radius 3 is 2.50 bits per heavy atom. The Morgan fingerprint density at radius 1 is 1.06 bits per heavy atom. The van der Waals surface area contributed by atoms with Crippen molar-refractivity contribution in [1.82, 2.24) is 15.2 Å². The zero-order valence-corrected chi connectivity index (χ0v) is 20.5. The Bertz CT molecular complexity index is 1460. The number of hydrogen-bond acceptors (Lipinski definition) is 5. The maximum Gasteiger partial charge on any atom is 0.267 e. The number of carbonyl (C=O) groups excluding carboxylic acids is 1. The molecule has 0 bridgehead atoms. The lowest BCUT2D eigenvalue weighted by molar-refractivity contribution is -0.124. The van der Waals surface area contributed by atoms with Crippen LogP contribution in [0.25, 0.3) is 17.0 Å². The monoisotopic (exact) mass is 505 g/mol. The molecule has 0 aliphatic heterocycles. The molecule has 0 radical (unpaired) electrons. The van der Waals surface area contributed by atoms with Gasteiger partial charge >= 0.3 is 0 Å². The van der Waals surface area contributed by atoms with E-state index in [-0.39, 0.29) is 11.5 Å². The summed E-state index contributed by atoms with van der Waals surface area (Å²) >= 11 is 0. The number of aryl methyl sites for hydroxylation is 1. The van der Waals surface area contributed by atoms with Crippen molar-refractivity contribution in [2.75, 3.05) is 6.61 Å². The second-order valence-corrected chi connectivity index (χ2v) is 10.1. The molecule has 0 unspecified atom stereocenters. The Kier molecular flexibility index (Phi) is 7.84. The van der Waals surface area contributed by atoms with Crippen molar-refractivity contribution in [2.24, 2.45) is 0 Å². The molecule has 0 fully saturated rings. The number of H-pyrrole nitrogens is 1. The Morgan fingerprint density at radius 2 is 1.78 bits per heavy atom. The molecule has 4 aromatic rings. The average molecular weight is 506 g/mol. The van der Waals surface area contributed by atoms with Crippen LogP contribution in [0.5, 0.6) is 5.75 Å². The third-order valence-corrected chi connectivity index (χ3v) is 7.20. The van der Waals surface area contributed by atoms with Crippen LogP contribution in [0.3, 0.4) is 0 Å². The van der Waals surface area contributed by atoms with E-state index in [9.17, 15) is 13.2 Å². The van der Waals surface area contributed by atoms with Gasteiger partial charge in [0.1, 0.15) is 12.4 Å². The highest BCUT2D eigenvalue weighted by atomic mass is 32.2. The van der Waals surface area contributed by atoms with Gasteiger partial charge in [-0.25, -0.2) is 18.6 Å². The predicted molar refractivity (Wildman–Crippen MR) is 138 cm³/mol. The van der Waals surface area contributed by atoms with Gasteiger partial charge < -0.3 is 9.72 Å². The van der Waals surface area contributed by atoms with Crippen LogP contribution in [-0.4, -0.2) is 37.2 Å². The second kappa shape index (κ2) is 11.2. The first-order chi connectivity index (χ1) is 17.3. The van der Waals surface area contributed by atoms with Gasteiger partial charge in [0.2, 0.25) is 10.0 Å². The zero-order chi connectivity index (χ0) is 25.5. The van der Waals surface area contributed by atoms with Gasteiger partial charge in [-0.05, 0) is 60.9 Å². The highest BCUT2D eigenvalue weighted by molar-refractivity contribution is 7.89. The first-order valence-corrected chi connectivity index (χ1v) is 12.8. The number of para-hydroxylation sites is 1. The maximum atomic E-state index is 13.1. The summed E-state index contributed by atoms with van der Waals surface area (Å²) in [6.07, 6.45) is 5.06. The van der Waals surface area contributed by atoms with E-state index >= 15 is 0 Å². The number of aromatic amines is 1. The van der Waals surface area contributed by atoms with Crippen molar-refractivity contribution in [3.05, 3.63) is 102 Å². The molecule has 186 valence electrons. The van der Waals surface area contributed by atoms with Gasteiger partial charge in [-0.1, -0.05) is 48.0 Å². The maximum absolute atomic E-state index is 13.1. The van der Waals surface area contributed by atoms with Gasteiger partial charge in [0.05, 0.1) is 10.9 Å². The fraction of sp³-hybridized carbons (Fsp3) is 0.148. The summed E-state index contributed by atoms with van der Waals surface area (Å²) in [5.41, 5.74) is 5.20. The molecule has 0 aliphatic carbocycles. The van der Waals surface area contributed by atoms with Gasteiger partial charge in [0.25, 0.3) is 5.91 Å². The minimum Gasteiger partial charge on any atom is -0.492 e. The highest BCUT2D eigenvalue weighted by Crippen LogP contribution is 2.21. The first kappa shape index (κ1) is 25.2. The molecule has 0 saturated heterocycles. The van der Waals surface area contributed by atoms with Gasteiger partial charge in [-0.3, -0.25) is 10.0 Å². The van der Waals surface area contributed by atoms with Crippen LogP contribution in [-0.2, 0) is 21.2 Å². The SMILES string of the molecule is Cc1ccc(S(=O)(=O)N[C@H](COc2ccc(/C=C/C(=O)NO)cc2)Cc2c[nH]c3ccccc23)cc1. The van der Waals surface area contributed by atoms with Crippen LogP contribution >= 0.6 is 0 Å². The van der Waals surface area contributed by atoms with E-state index in [0.29, 0.717) is 12.2 Å². The van der Waals surface area contributed by atoms with E-state index in [1.807, 2.05) is 37.4 Å². The van der Waals surface area contributed by atoms with Crippen molar-refractivity contribution in [1.29, 1.82) is 0 Å². The summed E-state index contributed by atoms with van der Waals surface area (Å²) in [6.45, 7) is 2.01. The molecular weight excluding hydrogens is 478 g/mol. The van der Waals surface area contributed by atoms with E-state index in [1.54, 1.807) is 54.6 Å². The second-order valence-electron chi connectivity index (χ2n) is 8.38. The van der Waals surface area contributed by atoms with Gasteiger partial charge in [0, 0.05) is 23.2 Å². The third kappa shape index (κ3) is 6.39. The normalized spacial score (nSPS) is 12.6. The molecule has 0 saturated carbocycles. The summed E-state index contributed by atoms with van der Waals surface area (Å²) < 4.78 is 35.0. The lowest BCUT2D eigenvalue weighted by atomic mass is 10.1. The third-order valence-electron chi connectivity index (χ3n) is 5.66. The van der Waals surface area contributed by atoms with Crippen molar-refractivity contribution in [3.8, 4) is 5.75 Å². The van der Waals surface area contributed by atoms with Crippen molar-refractivity contribution >= 4 is 32.9 Å². The molecule has 1 aromatic heterocycles. The fourth-order valence-electron chi connectivity index (χ4n) is 3.79. The van der Waals surface area contributed by atoms with E-state index < -0.39 is 22.0 Å². The Hall–Kier alpha value is -3.92.